The van der Waals surface area contributed by atoms with Crippen LogP contribution in [-0.4, -0.2) is 15.0 Å². The van der Waals surface area contributed by atoms with Gasteiger partial charge in [0, 0.05) is 32.7 Å². The molecule has 47 heavy (non-hydrogen) atoms. The number of pyridine rings is 1. The number of aromatic nitrogens is 3. The third kappa shape index (κ3) is 3.73. The first-order valence-electron chi connectivity index (χ1n) is 16.0. The van der Waals surface area contributed by atoms with Gasteiger partial charge in [-0.2, -0.15) is 0 Å². The molecule has 10 rings (SSSR count). The lowest BCUT2D eigenvalue weighted by Crippen LogP contribution is -2.18. The van der Waals surface area contributed by atoms with Crippen molar-refractivity contribution in [2.45, 2.75) is 13.8 Å². The van der Waals surface area contributed by atoms with Crippen LogP contribution in [0.5, 0.6) is 0 Å². The summed E-state index contributed by atoms with van der Waals surface area (Å²) in [6.07, 6.45) is 0. The number of benzene rings is 7. The van der Waals surface area contributed by atoms with Gasteiger partial charge in [-0.15, -0.1) is 0 Å². The summed E-state index contributed by atoms with van der Waals surface area (Å²) in [4.78, 5) is 18.6. The number of hydrogen-bond acceptors (Lipinski definition) is 4. The van der Waals surface area contributed by atoms with Crippen LogP contribution in [0, 0.1) is 13.8 Å². The fourth-order valence-electron chi connectivity index (χ4n) is 7.76. The molecule has 0 bridgehead atoms. The third-order valence-electron chi connectivity index (χ3n) is 9.61. The van der Waals surface area contributed by atoms with Gasteiger partial charge >= 0.3 is 0 Å². The molecule has 2 aromatic heterocycles. The zero-order chi connectivity index (χ0) is 31.2. The number of nitrogens with zero attached hydrogens (tertiary/aromatic N) is 4. The van der Waals surface area contributed by atoms with Gasteiger partial charge in [-0.3, -0.25) is 4.90 Å². The highest BCUT2D eigenvalue weighted by Gasteiger charge is 2.30. The van der Waals surface area contributed by atoms with Crippen molar-refractivity contribution in [3.05, 3.63) is 145 Å². The molecule has 0 fully saturated rings. The van der Waals surface area contributed by atoms with Gasteiger partial charge in [0.25, 0.3) is 0 Å². The first-order chi connectivity index (χ1) is 23.1. The zero-order valence-electron chi connectivity index (χ0n) is 26.0. The molecule has 7 aromatic carbocycles. The largest absolute Gasteiger partial charge is 0.278 e. The fourth-order valence-corrected chi connectivity index (χ4v) is 7.76. The Balaban J connectivity index is 1.39. The molecular weight excluding hydrogens is 573 g/mol. The van der Waals surface area contributed by atoms with Crippen molar-refractivity contribution in [3.63, 3.8) is 0 Å². The van der Waals surface area contributed by atoms with E-state index in [1.165, 1.54) is 27.3 Å². The van der Waals surface area contributed by atoms with Gasteiger partial charge in [0.1, 0.15) is 0 Å². The molecule has 0 spiro atoms. The Kier molecular flexibility index (Phi) is 5.38. The lowest BCUT2D eigenvalue weighted by atomic mass is 9.93. The number of fused-ring (bicyclic) bond motifs is 10. The van der Waals surface area contributed by atoms with Crippen LogP contribution in [0.15, 0.2) is 133 Å². The normalized spacial score (nSPS) is 12.4. The second kappa shape index (κ2) is 9.68. The minimum atomic E-state index is 0.644. The molecule has 0 N–H and O–H groups in total. The molecule has 0 amide bonds. The number of rotatable bonds is 2. The summed E-state index contributed by atoms with van der Waals surface area (Å²) >= 11 is 0. The van der Waals surface area contributed by atoms with E-state index in [9.17, 15) is 0 Å². The molecule has 3 heterocycles. The highest BCUT2D eigenvalue weighted by molar-refractivity contribution is 6.27. The maximum atomic E-state index is 5.55. The van der Waals surface area contributed by atoms with Gasteiger partial charge in [-0.1, -0.05) is 114 Å². The van der Waals surface area contributed by atoms with Crippen molar-refractivity contribution in [2.75, 3.05) is 4.90 Å². The number of para-hydroxylation sites is 2. The summed E-state index contributed by atoms with van der Waals surface area (Å²) in [7, 11) is 0. The van der Waals surface area contributed by atoms with E-state index in [1.54, 1.807) is 0 Å². The summed E-state index contributed by atoms with van der Waals surface area (Å²) in [6, 6.07) is 47.5. The minimum absolute atomic E-state index is 0.644. The molecule has 0 saturated carbocycles. The quantitative estimate of drug-likeness (QED) is 0.185. The molecule has 220 valence electrons. The third-order valence-corrected chi connectivity index (χ3v) is 9.61. The zero-order valence-corrected chi connectivity index (χ0v) is 26.0. The van der Waals surface area contributed by atoms with Crippen LogP contribution in [0.4, 0.5) is 17.3 Å². The lowest BCUT2D eigenvalue weighted by molar-refractivity contribution is 1.11. The molecule has 0 unspecified atom stereocenters. The Hall–Kier alpha value is -6.13. The van der Waals surface area contributed by atoms with Gasteiger partial charge in [-0.25, -0.2) is 15.0 Å². The van der Waals surface area contributed by atoms with Gasteiger partial charge < -0.3 is 0 Å². The molecule has 0 atom stereocenters. The predicted octanol–water partition coefficient (Wildman–Crippen LogP) is 11.4. The molecule has 1 aliphatic rings. The van der Waals surface area contributed by atoms with Crippen molar-refractivity contribution >= 4 is 71.4 Å². The first kappa shape index (κ1) is 26.1. The van der Waals surface area contributed by atoms with Crippen LogP contribution in [-0.2, 0) is 0 Å². The topological polar surface area (TPSA) is 41.9 Å². The van der Waals surface area contributed by atoms with Crippen molar-refractivity contribution in [1.82, 2.24) is 15.0 Å². The molecule has 4 nitrogen and oxygen atoms in total. The van der Waals surface area contributed by atoms with Crippen molar-refractivity contribution < 1.29 is 0 Å². The average molecular weight is 601 g/mol. The Labute approximate surface area is 271 Å². The summed E-state index contributed by atoms with van der Waals surface area (Å²) in [5, 5.41) is 9.17. The van der Waals surface area contributed by atoms with Crippen LogP contribution >= 0.6 is 0 Å². The highest BCUT2D eigenvalue weighted by atomic mass is 15.3. The second-order valence-corrected chi connectivity index (χ2v) is 12.6. The van der Waals surface area contributed by atoms with Gasteiger partial charge in [0.05, 0.1) is 33.8 Å². The smallest absolute Gasteiger partial charge is 0.235 e. The predicted molar refractivity (Wildman–Crippen MR) is 196 cm³/mol. The van der Waals surface area contributed by atoms with Gasteiger partial charge in [0.15, 0.2) is 0 Å². The lowest BCUT2D eigenvalue weighted by Gasteiger charge is -2.32. The molecule has 0 radical (unpaired) electrons. The van der Waals surface area contributed by atoms with E-state index in [0.29, 0.717) is 5.95 Å². The van der Waals surface area contributed by atoms with Crippen LogP contribution in [0.3, 0.4) is 0 Å². The average Bonchev–Trinajstić information content (AvgIpc) is 3.11. The monoisotopic (exact) mass is 600 g/mol. The summed E-state index contributed by atoms with van der Waals surface area (Å²) in [5.41, 5.74) is 10.5. The molecular formula is C43H28N4. The summed E-state index contributed by atoms with van der Waals surface area (Å²) in [5.74, 6) is 0.644. The van der Waals surface area contributed by atoms with Crippen LogP contribution in [0.1, 0.15) is 11.1 Å². The van der Waals surface area contributed by atoms with Crippen LogP contribution < -0.4 is 4.90 Å². The van der Waals surface area contributed by atoms with E-state index in [2.05, 4.69) is 152 Å². The highest BCUT2D eigenvalue weighted by Crippen LogP contribution is 2.51. The molecule has 0 aliphatic carbocycles. The maximum Gasteiger partial charge on any atom is 0.235 e. The number of hydrogen-bond donors (Lipinski definition) is 0. The fraction of sp³-hybridized carbons (Fsp3) is 0.0465. The Bertz CT molecular complexity index is 2760. The molecule has 1 aliphatic heterocycles. The summed E-state index contributed by atoms with van der Waals surface area (Å²) in [6.45, 7) is 4.31. The van der Waals surface area contributed by atoms with E-state index in [-0.39, 0.29) is 0 Å². The SMILES string of the molecule is Cc1cc(C)cc(-c2nc(N3c4ccccc4-c4nc5ccccc5c5cccc3c45)nc3c4ccccc4c4ccccc4c23)c1. The second-order valence-electron chi connectivity index (χ2n) is 12.6. The van der Waals surface area contributed by atoms with E-state index in [0.717, 1.165) is 71.9 Å². The van der Waals surface area contributed by atoms with E-state index < -0.39 is 0 Å². The van der Waals surface area contributed by atoms with Crippen LogP contribution in [0.2, 0.25) is 0 Å². The molecule has 0 saturated heterocycles. The summed E-state index contributed by atoms with van der Waals surface area (Å²) < 4.78 is 0. The van der Waals surface area contributed by atoms with Crippen molar-refractivity contribution in [2.24, 2.45) is 0 Å². The standard InChI is InChI=1S/C43H28N4/c1-25-22-26(2)24-27(23-25)40-39-31-15-5-3-12-28(31)29-13-4-6-16-33(29)41(39)46-43(45-40)47-36-20-10-8-17-34(36)42-38-32(18-11-21-37(38)47)30-14-7-9-19-35(30)44-42/h3-24H,1-2H3. The van der Waals surface area contributed by atoms with Gasteiger partial charge in [-0.05, 0) is 65.7 Å². The minimum Gasteiger partial charge on any atom is -0.278 e. The van der Waals surface area contributed by atoms with E-state index >= 15 is 0 Å². The Morgan fingerprint density at radius 3 is 1.85 bits per heavy atom. The molecule has 9 aromatic rings. The Morgan fingerprint density at radius 2 is 1.04 bits per heavy atom. The molecule has 4 heteroatoms. The van der Waals surface area contributed by atoms with Crippen molar-refractivity contribution in [3.8, 4) is 22.5 Å². The van der Waals surface area contributed by atoms with E-state index in [1.807, 2.05) is 0 Å². The number of anilines is 3. The van der Waals surface area contributed by atoms with Crippen molar-refractivity contribution in [1.29, 1.82) is 0 Å². The van der Waals surface area contributed by atoms with Crippen LogP contribution in [0.25, 0.3) is 76.6 Å². The maximum absolute atomic E-state index is 5.55. The first-order valence-corrected chi connectivity index (χ1v) is 16.0. The van der Waals surface area contributed by atoms with Gasteiger partial charge in [0.2, 0.25) is 5.95 Å². The Morgan fingerprint density at radius 1 is 0.447 bits per heavy atom. The van der Waals surface area contributed by atoms with E-state index in [4.69, 9.17) is 15.0 Å². The number of aryl methyl sites for hydroxylation is 2.